The minimum Gasteiger partial charge on any atom is -0.493 e. The topological polar surface area (TPSA) is 35.5 Å². The average molecular weight is 332 g/mol. The monoisotopic (exact) mass is 332 g/mol. The van der Waals surface area contributed by atoms with Gasteiger partial charge in [0.05, 0.1) is 14.2 Å². The molecule has 0 amide bonds. The average Bonchev–Trinajstić information content (AvgIpc) is 2.61. The van der Waals surface area contributed by atoms with Crippen molar-refractivity contribution in [3.05, 3.63) is 35.9 Å². The molecular formula is C21H32O3. The van der Waals surface area contributed by atoms with Crippen molar-refractivity contribution in [2.45, 2.75) is 64.7 Å². The van der Waals surface area contributed by atoms with Crippen molar-refractivity contribution in [1.29, 1.82) is 0 Å². The largest absolute Gasteiger partial charge is 0.493 e. The molecule has 0 spiro atoms. The number of hydrogen-bond acceptors (Lipinski definition) is 3. The van der Waals surface area contributed by atoms with Crippen molar-refractivity contribution in [2.75, 3.05) is 14.2 Å². The van der Waals surface area contributed by atoms with Gasteiger partial charge in [-0.15, -0.1) is 0 Å². The lowest BCUT2D eigenvalue weighted by Gasteiger charge is -2.08. The summed E-state index contributed by atoms with van der Waals surface area (Å²) in [4.78, 5) is 11.8. The van der Waals surface area contributed by atoms with Crippen molar-refractivity contribution >= 4 is 5.78 Å². The first-order chi connectivity index (χ1) is 11.7. The second kappa shape index (κ2) is 12.6. The van der Waals surface area contributed by atoms with E-state index >= 15 is 0 Å². The maximum Gasteiger partial charge on any atom is 0.160 e. The molecule has 0 unspecified atom stereocenters. The molecule has 0 saturated carbocycles. The zero-order valence-electron chi connectivity index (χ0n) is 15.5. The van der Waals surface area contributed by atoms with E-state index in [-0.39, 0.29) is 5.78 Å². The molecule has 0 fully saturated rings. The molecule has 0 N–H and O–H groups in total. The standard InChI is InChI=1S/C21H32O3/c1-4-5-6-7-8-9-13-19(22)14-11-10-12-18-15-16-20(23-2)21(17-18)24-3/h11,14-17H,4-10,12-13H2,1-3H3. The molecule has 0 bridgehead atoms. The third kappa shape index (κ3) is 8.19. The Kier molecular flexibility index (Phi) is 10.7. The summed E-state index contributed by atoms with van der Waals surface area (Å²) in [6.07, 6.45) is 13.5. The van der Waals surface area contributed by atoms with Crippen LogP contribution in [0.25, 0.3) is 0 Å². The second-order valence-electron chi connectivity index (χ2n) is 6.11. The normalized spacial score (nSPS) is 11.0. The summed E-state index contributed by atoms with van der Waals surface area (Å²) < 4.78 is 10.5. The quantitative estimate of drug-likeness (QED) is 0.353. The number of ether oxygens (including phenoxy) is 2. The minimum absolute atomic E-state index is 0.248. The molecule has 24 heavy (non-hydrogen) atoms. The van der Waals surface area contributed by atoms with E-state index in [1.165, 1.54) is 37.7 Å². The van der Waals surface area contributed by atoms with E-state index in [2.05, 4.69) is 6.92 Å². The lowest BCUT2D eigenvalue weighted by molar-refractivity contribution is -0.114. The highest BCUT2D eigenvalue weighted by Gasteiger charge is 2.04. The molecule has 1 rings (SSSR count). The number of aryl methyl sites for hydroxylation is 1. The Morgan fingerprint density at radius 1 is 1.00 bits per heavy atom. The van der Waals surface area contributed by atoms with Crippen molar-refractivity contribution < 1.29 is 14.3 Å². The van der Waals surface area contributed by atoms with Crippen LogP contribution < -0.4 is 9.47 Å². The summed E-state index contributed by atoms with van der Waals surface area (Å²) in [6.45, 7) is 2.22. The van der Waals surface area contributed by atoms with Crippen LogP contribution in [-0.2, 0) is 11.2 Å². The van der Waals surface area contributed by atoms with E-state index in [4.69, 9.17) is 9.47 Å². The molecule has 3 heteroatoms. The molecule has 0 atom stereocenters. The van der Waals surface area contributed by atoms with Gasteiger partial charge >= 0.3 is 0 Å². The van der Waals surface area contributed by atoms with E-state index in [1.54, 1.807) is 20.3 Å². The van der Waals surface area contributed by atoms with Crippen LogP contribution in [-0.4, -0.2) is 20.0 Å². The molecule has 3 nitrogen and oxygen atoms in total. The van der Waals surface area contributed by atoms with Gasteiger partial charge in [0, 0.05) is 6.42 Å². The van der Waals surface area contributed by atoms with E-state index < -0.39 is 0 Å². The van der Waals surface area contributed by atoms with Gasteiger partial charge in [-0.1, -0.05) is 51.2 Å². The number of unbranched alkanes of at least 4 members (excludes halogenated alkanes) is 5. The van der Waals surface area contributed by atoms with Gasteiger partial charge in [-0.3, -0.25) is 4.79 Å². The number of allylic oxidation sites excluding steroid dienone is 2. The summed E-state index contributed by atoms with van der Waals surface area (Å²) >= 11 is 0. The Hall–Kier alpha value is -1.77. The predicted octanol–water partition coefficient (Wildman–Crippen LogP) is 5.51. The maximum atomic E-state index is 11.8. The Balaban J connectivity index is 2.24. The Morgan fingerprint density at radius 2 is 1.71 bits per heavy atom. The first-order valence-electron chi connectivity index (χ1n) is 9.11. The second-order valence-corrected chi connectivity index (χ2v) is 6.11. The molecule has 1 aromatic carbocycles. The lowest BCUT2D eigenvalue weighted by Crippen LogP contribution is -1.94. The van der Waals surface area contributed by atoms with Crippen LogP contribution in [0.4, 0.5) is 0 Å². The number of carbonyl (C=O) groups is 1. The number of ketones is 1. The van der Waals surface area contributed by atoms with Crippen molar-refractivity contribution in [1.82, 2.24) is 0 Å². The van der Waals surface area contributed by atoms with Crippen molar-refractivity contribution in [2.24, 2.45) is 0 Å². The SMILES string of the molecule is CCCCCCCCC(=O)C=CCCc1ccc(OC)c(OC)c1. The van der Waals surface area contributed by atoms with E-state index in [1.807, 2.05) is 24.3 Å². The van der Waals surface area contributed by atoms with Gasteiger partial charge in [-0.05, 0) is 43.0 Å². The zero-order valence-corrected chi connectivity index (χ0v) is 15.5. The molecule has 0 aromatic heterocycles. The first kappa shape index (κ1) is 20.3. The van der Waals surface area contributed by atoms with Gasteiger partial charge in [0.1, 0.15) is 0 Å². The minimum atomic E-state index is 0.248. The van der Waals surface area contributed by atoms with Crippen LogP contribution >= 0.6 is 0 Å². The highest BCUT2D eigenvalue weighted by Crippen LogP contribution is 2.27. The molecule has 0 radical (unpaired) electrons. The first-order valence-corrected chi connectivity index (χ1v) is 9.11. The maximum absolute atomic E-state index is 11.8. The third-order valence-electron chi connectivity index (χ3n) is 4.13. The highest BCUT2D eigenvalue weighted by molar-refractivity contribution is 5.89. The Bertz CT molecular complexity index is 506. The number of carbonyl (C=O) groups excluding carboxylic acids is 1. The fourth-order valence-corrected chi connectivity index (χ4v) is 2.66. The summed E-state index contributed by atoms with van der Waals surface area (Å²) in [5.41, 5.74) is 1.18. The molecule has 0 heterocycles. The van der Waals surface area contributed by atoms with Gasteiger partial charge in [-0.2, -0.15) is 0 Å². The number of benzene rings is 1. The van der Waals surface area contributed by atoms with Crippen LogP contribution in [0.15, 0.2) is 30.4 Å². The van der Waals surface area contributed by atoms with Crippen LogP contribution in [0.2, 0.25) is 0 Å². The molecule has 0 aliphatic rings. The molecule has 1 aromatic rings. The van der Waals surface area contributed by atoms with E-state index in [0.717, 1.165) is 30.8 Å². The summed E-state index contributed by atoms with van der Waals surface area (Å²) in [6, 6.07) is 5.94. The molecule has 0 aliphatic carbocycles. The van der Waals surface area contributed by atoms with Crippen LogP contribution in [0.5, 0.6) is 11.5 Å². The summed E-state index contributed by atoms with van der Waals surface area (Å²) in [5.74, 6) is 1.74. The van der Waals surface area contributed by atoms with Gasteiger partial charge < -0.3 is 9.47 Å². The fourth-order valence-electron chi connectivity index (χ4n) is 2.66. The Labute approximate surface area is 147 Å². The fraction of sp³-hybridized carbons (Fsp3) is 0.571. The smallest absolute Gasteiger partial charge is 0.160 e. The number of hydrogen-bond donors (Lipinski definition) is 0. The van der Waals surface area contributed by atoms with Crippen molar-refractivity contribution in [3.8, 4) is 11.5 Å². The van der Waals surface area contributed by atoms with E-state index in [0.29, 0.717) is 6.42 Å². The van der Waals surface area contributed by atoms with Gasteiger partial charge in [0.2, 0.25) is 0 Å². The molecule has 0 aliphatic heterocycles. The van der Waals surface area contributed by atoms with Gasteiger partial charge in [0.25, 0.3) is 0 Å². The highest BCUT2D eigenvalue weighted by atomic mass is 16.5. The van der Waals surface area contributed by atoms with Gasteiger partial charge in [-0.25, -0.2) is 0 Å². The molecule has 0 saturated heterocycles. The number of rotatable bonds is 13. The lowest BCUT2D eigenvalue weighted by atomic mass is 10.1. The third-order valence-corrected chi connectivity index (χ3v) is 4.13. The van der Waals surface area contributed by atoms with Gasteiger partial charge in [0.15, 0.2) is 17.3 Å². The van der Waals surface area contributed by atoms with Crippen molar-refractivity contribution in [3.63, 3.8) is 0 Å². The van der Waals surface area contributed by atoms with Crippen LogP contribution in [0, 0.1) is 0 Å². The van der Waals surface area contributed by atoms with Crippen LogP contribution in [0.3, 0.4) is 0 Å². The molecule has 134 valence electrons. The predicted molar refractivity (Wildman–Crippen MR) is 100 cm³/mol. The van der Waals surface area contributed by atoms with E-state index in [9.17, 15) is 4.79 Å². The zero-order chi connectivity index (χ0) is 17.6. The molecular weight excluding hydrogens is 300 g/mol. The number of methoxy groups -OCH3 is 2. The summed E-state index contributed by atoms with van der Waals surface area (Å²) in [5, 5.41) is 0. The Morgan fingerprint density at radius 3 is 2.42 bits per heavy atom. The van der Waals surface area contributed by atoms with Crippen LogP contribution in [0.1, 0.15) is 63.9 Å². The summed E-state index contributed by atoms with van der Waals surface area (Å²) in [7, 11) is 3.28.